The standard InChI is InChI=1S/C28H44O3S.K/c1-2-3-4-5-6-7-8-9-10-11-12-13-14-15-16-17-21-26-24-23-25-20-18-19-22-27(25)28(26)32(29,30)31;/h18-20,22-24H,2-17,21H2,1H3,(H,29,30,31);/q;+1/p-1. The van der Waals surface area contributed by atoms with E-state index in [9.17, 15) is 13.0 Å². The molecule has 2 rings (SSSR count). The molecule has 0 fully saturated rings. The van der Waals surface area contributed by atoms with Crippen LogP contribution in [-0.2, 0) is 16.5 Å². The van der Waals surface area contributed by atoms with Crippen molar-refractivity contribution in [2.24, 2.45) is 0 Å². The van der Waals surface area contributed by atoms with Gasteiger partial charge >= 0.3 is 51.4 Å². The molecule has 3 nitrogen and oxygen atoms in total. The van der Waals surface area contributed by atoms with Crippen LogP contribution >= 0.6 is 0 Å². The molecule has 0 bridgehead atoms. The van der Waals surface area contributed by atoms with Gasteiger partial charge in [-0.3, -0.25) is 0 Å². The van der Waals surface area contributed by atoms with Gasteiger partial charge < -0.3 is 4.55 Å². The Morgan fingerprint density at radius 1 is 0.636 bits per heavy atom. The number of benzene rings is 2. The Balaban J connectivity index is 0.00000544. The van der Waals surface area contributed by atoms with Crippen LogP contribution in [-0.4, -0.2) is 13.0 Å². The van der Waals surface area contributed by atoms with Gasteiger partial charge in [0.2, 0.25) is 0 Å². The first kappa shape index (κ1) is 31.3. The maximum absolute atomic E-state index is 11.9. The van der Waals surface area contributed by atoms with E-state index in [-0.39, 0.29) is 56.3 Å². The topological polar surface area (TPSA) is 57.2 Å². The summed E-state index contributed by atoms with van der Waals surface area (Å²) in [5.74, 6) is 0. The Labute approximate surface area is 245 Å². The third kappa shape index (κ3) is 12.7. The van der Waals surface area contributed by atoms with E-state index < -0.39 is 10.1 Å². The molecule has 0 unspecified atom stereocenters. The Kier molecular flexibility index (Phi) is 17.5. The second kappa shape index (κ2) is 18.5. The summed E-state index contributed by atoms with van der Waals surface area (Å²) in [7, 11) is -4.48. The van der Waals surface area contributed by atoms with Crippen LogP contribution in [0.5, 0.6) is 0 Å². The van der Waals surface area contributed by atoms with Crippen LogP contribution in [0.1, 0.15) is 115 Å². The van der Waals surface area contributed by atoms with Crippen LogP contribution < -0.4 is 51.4 Å². The number of rotatable bonds is 18. The molecule has 33 heavy (non-hydrogen) atoms. The Morgan fingerprint density at radius 3 is 1.58 bits per heavy atom. The number of fused-ring (bicyclic) bond motifs is 1. The molecular weight excluding hydrogens is 455 g/mol. The molecule has 0 saturated carbocycles. The maximum atomic E-state index is 11.9. The van der Waals surface area contributed by atoms with Crippen molar-refractivity contribution in [1.82, 2.24) is 0 Å². The van der Waals surface area contributed by atoms with Gasteiger partial charge in [-0.1, -0.05) is 140 Å². The molecule has 0 heterocycles. The van der Waals surface area contributed by atoms with Crippen molar-refractivity contribution in [3.05, 3.63) is 42.0 Å². The van der Waals surface area contributed by atoms with Gasteiger partial charge in [0.25, 0.3) is 0 Å². The van der Waals surface area contributed by atoms with Gasteiger partial charge in [0, 0.05) is 0 Å². The van der Waals surface area contributed by atoms with Gasteiger partial charge in [0.15, 0.2) is 0 Å². The van der Waals surface area contributed by atoms with E-state index in [1.807, 2.05) is 24.3 Å². The molecule has 5 heteroatoms. The van der Waals surface area contributed by atoms with Gasteiger partial charge in [0.05, 0.1) is 4.90 Å². The number of hydrogen-bond acceptors (Lipinski definition) is 3. The Bertz CT molecular complexity index is 880. The first-order valence-corrected chi connectivity index (χ1v) is 14.4. The van der Waals surface area contributed by atoms with E-state index in [0.29, 0.717) is 17.4 Å². The zero-order valence-electron chi connectivity index (χ0n) is 21.1. The molecular formula is C28H43KO3S. The van der Waals surface area contributed by atoms with E-state index in [0.717, 1.165) is 18.2 Å². The third-order valence-corrected chi connectivity index (χ3v) is 7.49. The minimum atomic E-state index is -4.48. The number of unbranched alkanes of at least 4 members (excludes halogenated alkanes) is 15. The average molecular weight is 499 g/mol. The zero-order valence-corrected chi connectivity index (χ0v) is 25.1. The van der Waals surface area contributed by atoms with Crippen molar-refractivity contribution in [2.45, 2.75) is 121 Å². The van der Waals surface area contributed by atoms with Crippen LogP contribution in [0, 0.1) is 0 Å². The van der Waals surface area contributed by atoms with Gasteiger partial charge in [-0.15, -0.1) is 0 Å². The fourth-order valence-corrected chi connectivity index (χ4v) is 5.59. The summed E-state index contributed by atoms with van der Waals surface area (Å²) >= 11 is 0. The molecule has 180 valence electrons. The first-order valence-electron chi connectivity index (χ1n) is 13.0. The predicted molar refractivity (Wildman–Crippen MR) is 135 cm³/mol. The van der Waals surface area contributed by atoms with E-state index >= 15 is 0 Å². The van der Waals surface area contributed by atoms with Crippen molar-refractivity contribution in [1.29, 1.82) is 0 Å². The summed E-state index contributed by atoms with van der Waals surface area (Å²) in [6.45, 7) is 2.27. The first-order chi connectivity index (χ1) is 15.5. The predicted octanol–water partition coefficient (Wildman–Crippen LogP) is 5.55. The summed E-state index contributed by atoms with van der Waals surface area (Å²) in [5, 5.41) is 1.36. The fraction of sp³-hybridized carbons (Fsp3) is 0.643. The maximum Gasteiger partial charge on any atom is 1.00 e. The third-order valence-electron chi connectivity index (χ3n) is 6.51. The van der Waals surface area contributed by atoms with E-state index in [4.69, 9.17) is 0 Å². The molecule has 0 aliphatic rings. The van der Waals surface area contributed by atoms with Crippen molar-refractivity contribution < 1.29 is 64.4 Å². The average Bonchev–Trinajstić information content (AvgIpc) is 2.77. The fourth-order valence-electron chi connectivity index (χ4n) is 4.64. The van der Waals surface area contributed by atoms with Crippen LogP contribution in [0.3, 0.4) is 0 Å². The molecule has 0 radical (unpaired) electrons. The SMILES string of the molecule is CCCCCCCCCCCCCCCCCCc1ccc2ccccc2c1S(=O)(=O)[O-].[K+]. The van der Waals surface area contributed by atoms with Gasteiger partial charge in [0.1, 0.15) is 10.1 Å². The molecule has 0 saturated heterocycles. The minimum Gasteiger partial charge on any atom is -0.744 e. The molecule has 0 aliphatic carbocycles. The van der Waals surface area contributed by atoms with Crippen molar-refractivity contribution in [2.75, 3.05) is 0 Å². The second-order valence-electron chi connectivity index (χ2n) is 9.28. The molecule has 2 aromatic carbocycles. The summed E-state index contributed by atoms with van der Waals surface area (Å²) in [5.41, 5.74) is 0.670. The van der Waals surface area contributed by atoms with Gasteiger partial charge in [-0.25, -0.2) is 8.42 Å². The summed E-state index contributed by atoms with van der Waals surface area (Å²) in [6, 6.07) is 11.0. The smallest absolute Gasteiger partial charge is 0.744 e. The minimum absolute atomic E-state index is 0. The quantitative estimate of drug-likeness (QED) is 0.154. The monoisotopic (exact) mass is 498 g/mol. The van der Waals surface area contributed by atoms with Gasteiger partial charge in [-0.05, 0) is 29.2 Å². The molecule has 2 aromatic rings. The van der Waals surface area contributed by atoms with E-state index in [2.05, 4.69) is 6.92 Å². The second-order valence-corrected chi connectivity index (χ2v) is 10.6. The Morgan fingerprint density at radius 2 is 1.09 bits per heavy atom. The normalized spacial score (nSPS) is 11.6. The Hall–Kier alpha value is 0.246. The summed E-state index contributed by atoms with van der Waals surface area (Å²) < 4.78 is 35.7. The molecule has 0 aromatic heterocycles. The summed E-state index contributed by atoms with van der Waals surface area (Å²) in [4.78, 5) is -0.0171. The summed E-state index contributed by atoms with van der Waals surface area (Å²) in [6.07, 6.45) is 21.7. The van der Waals surface area contributed by atoms with Crippen molar-refractivity contribution in [3.8, 4) is 0 Å². The molecule has 0 amide bonds. The largest absolute Gasteiger partial charge is 1.00 e. The van der Waals surface area contributed by atoms with Crippen LogP contribution in [0.2, 0.25) is 0 Å². The number of hydrogen-bond donors (Lipinski definition) is 0. The van der Waals surface area contributed by atoms with Crippen LogP contribution in [0.15, 0.2) is 41.3 Å². The van der Waals surface area contributed by atoms with Crippen LogP contribution in [0.25, 0.3) is 10.8 Å². The van der Waals surface area contributed by atoms with E-state index in [1.165, 1.54) is 89.9 Å². The molecule has 0 spiro atoms. The molecule has 0 N–H and O–H groups in total. The molecule has 0 atom stereocenters. The van der Waals surface area contributed by atoms with Crippen molar-refractivity contribution >= 4 is 20.9 Å². The van der Waals surface area contributed by atoms with E-state index in [1.54, 1.807) is 12.1 Å². The van der Waals surface area contributed by atoms with Crippen LogP contribution in [0.4, 0.5) is 0 Å². The molecule has 0 aliphatic heterocycles. The van der Waals surface area contributed by atoms with Crippen molar-refractivity contribution in [3.63, 3.8) is 0 Å². The zero-order chi connectivity index (χ0) is 23.1. The number of aryl methyl sites for hydroxylation is 1. The van der Waals surface area contributed by atoms with Gasteiger partial charge in [-0.2, -0.15) is 0 Å².